The Hall–Kier alpha value is -2.41. The molecule has 0 saturated carbocycles. The van der Waals surface area contributed by atoms with Gasteiger partial charge in [0.05, 0.1) is 12.6 Å². The van der Waals surface area contributed by atoms with Gasteiger partial charge in [-0.3, -0.25) is 14.5 Å². The average Bonchev–Trinajstić information content (AvgIpc) is 3.15. The van der Waals surface area contributed by atoms with Crippen molar-refractivity contribution in [1.29, 1.82) is 0 Å². The Balaban J connectivity index is 1.68. The lowest BCUT2D eigenvalue weighted by atomic mass is 9.99. The third-order valence-electron chi connectivity index (χ3n) is 4.82. The second kappa shape index (κ2) is 6.24. The number of hydrogen-bond acceptors (Lipinski definition) is 4. The second-order valence-electron chi connectivity index (χ2n) is 6.30. The van der Waals surface area contributed by atoms with E-state index in [1.54, 1.807) is 11.9 Å². The molecule has 1 spiro atoms. The molecule has 7 nitrogen and oxygen atoms in total. The zero-order chi connectivity index (χ0) is 17.3. The second-order valence-corrected chi connectivity index (χ2v) is 6.30. The lowest BCUT2D eigenvalue weighted by molar-refractivity contribution is -0.139. The van der Waals surface area contributed by atoms with Crippen LogP contribution >= 0.6 is 0 Å². The lowest BCUT2D eigenvalue weighted by Gasteiger charge is -2.27. The van der Waals surface area contributed by atoms with E-state index in [2.05, 4.69) is 5.32 Å². The molecular formula is C17H21N3O4. The smallest absolute Gasteiger partial charge is 0.325 e. The molecule has 1 aromatic rings. The van der Waals surface area contributed by atoms with Crippen LogP contribution in [0, 0.1) is 0 Å². The van der Waals surface area contributed by atoms with Gasteiger partial charge in [-0.1, -0.05) is 30.3 Å². The van der Waals surface area contributed by atoms with Gasteiger partial charge < -0.3 is 15.0 Å². The van der Waals surface area contributed by atoms with Gasteiger partial charge in [0.15, 0.2) is 0 Å². The van der Waals surface area contributed by atoms with Crippen molar-refractivity contribution in [3.8, 4) is 0 Å². The van der Waals surface area contributed by atoms with Gasteiger partial charge in [-0.25, -0.2) is 4.79 Å². The van der Waals surface area contributed by atoms with Gasteiger partial charge in [-0.05, 0) is 12.5 Å². The number of ether oxygens (including phenoxy) is 1. The highest BCUT2D eigenvalue weighted by Crippen LogP contribution is 2.27. The third kappa shape index (κ3) is 2.75. The molecule has 24 heavy (non-hydrogen) atoms. The molecule has 2 aliphatic rings. The van der Waals surface area contributed by atoms with Crippen molar-refractivity contribution >= 4 is 17.8 Å². The number of imide groups is 1. The van der Waals surface area contributed by atoms with Crippen molar-refractivity contribution in [2.75, 3.05) is 26.8 Å². The van der Waals surface area contributed by atoms with Crippen LogP contribution in [-0.4, -0.2) is 60.0 Å². The summed E-state index contributed by atoms with van der Waals surface area (Å²) in [7, 11) is 1.67. The first kappa shape index (κ1) is 16.4. The number of nitrogens with one attached hydrogen (secondary N) is 1. The minimum Gasteiger partial charge on any atom is -0.378 e. The van der Waals surface area contributed by atoms with Crippen molar-refractivity contribution in [2.24, 2.45) is 0 Å². The first-order valence-electron chi connectivity index (χ1n) is 7.97. The van der Waals surface area contributed by atoms with Crippen LogP contribution in [0.15, 0.2) is 30.3 Å². The lowest BCUT2D eigenvalue weighted by Crippen LogP contribution is -2.48. The van der Waals surface area contributed by atoms with Crippen LogP contribution in [0.2, 0.25) is 0 Å². The van der Waals surface area contributed by atoms with Crippen LogP contribution in [-0.2, 0) is 14.3 Å². The van der Waals surface area contributed by atoms with Gasteiger partial charge in [0.1, 0.15) is 12.1 Å². The van der Waals surface area contributed by atoms with E-state index in [-0.39, 0.29) is 31.0 Å². The van der Waals surface area contributed by atoms with Crippen LogP contribution in [0.25, 0.3) is 0 Å². The highest BCUT2D eigenvalue weighted by molar-refractivity contribution is 6.09. The quantitative estimate of drug-likeness (QED) is 0.832. The molecule has 128 valence electrons. The van der Waals surface area contributed by atoms with Crippen LogP contribution in [0.1, 0.15) is 24.9 Å². The summed E-state index contributed by atoms with van der Waals surface area (Å²) in [4.78, 5) is 39.7. The number of urea groups is 1. The van der Waals surface area contributed by atoms with Crippen LogP contribution in [0.3, 0.4) is 0 Å². The number of benzene rings is 1. The minimum absolute atomic E-state index is 0.150. The molecular weight excluding hydrogens is 310 g/mol. The molecule has 0 bridgehead atoms. The summed E-state index contributed by atoms with van der Waals surface area (Å²) in [5.41, 5.74) is 0.00673. The highest BCUT2D eigenvalue weighted by atomic mass is 16.5. The minimum atomic E-state index is -0.985. The van der Waals surface area contributed by atoms with E-state index in [1.807, 2.05) is 37.3 Å². The largest absolute Gasteiger partial charge is 0.378 e. The van der Waals surface area contributed by atoms with E-state index < -0.39 is 11.6 Å². The van der Waals surface area contributed by atoms with Crippen molar-refractivity contribution in [3.63, 3.8) is 0 Å². The van der Waals surface area contributed by atoms with E-state index in [0.29, 0.717) is 13.0 Å². The topological polar surface area (TPSA) is 79.0 Å². The highest BCUT2D eigenvalue weighted by Gasteiger charge is 2.53. The Labute approximate surface area is 140 Å². The van der Waals surface area contributed by atoms with Gasteiger partial charge in [0.2, 0.25) is 5.91 Å². The predicted molar refractivity (Wildman–Crippen MR) is 86.0 cm³/mol. The molecule has 4 amide bonds. The molecule has 2 saturated heterocycles. The summed E-state index contributed by atoms with van der Waals surface area (Å²) in [5.74, 6) is -0.662. The Morgan fingerprint density at radius 3 is 2.71 bits per heavy atom. The molecule has 0 aliphatic carbocycles. The zero-order valence-corrected chi connectivity index (χ0v) is 13.8. The van der Waals surface area contributed by atoms with Crippen LogP contribution < -0.4 is 5.32 Å². The summed E-state index contributed by atoms with van der Waals surface area (Å²) < 4.78 is 5.24. The maximum absolute atomic E-state index is 12.5. The molecule has 2 aliphatic heterocycles. The Morgan fingerprint density at radius 2 is 2.08 bits per heavy atom. The number of carbonyl (C=O) groups is 3. The summed E-state index contributed by atoms with van der Waals surface area (Å²) in [6, 6.07) is 8.92. The Kier molecular flexibility index (Phi) is 4.28. The molecule has 3 rings (SSSR count). The molecule has 0 aromatic heterocycles. The number of carbonyl (C=O) groups excluding carboxylic acids is 3. The van der Waals surface area contributed by atoms with Gasteiger partial charge in [0, 0.05) is 20.1 Å². The predicted octanol–water partition coefficient (Wildman–Crippen LogP) is 0.917. The van der Waals surface area contributed by atoms with Crippen molar-refractivity contribution < 1.29 is 19.1 Å². The zero-order valence-electron chi connectivity index (χ0n) is 13.8. The fourth-order valence-electron chi connectivity index (χ4n) is 3.07. The SMILES string of the molecule is CC(c1ccccc1)N(C)C(=O)CN1C(=O)NC2(CCOC2)C1=O. The third-order valence-corrected chi connectivity index (χ3v) is 4.82. The van der Waals surface area contributed by atoms with Crippen LogP contribution in [0.5, 0.6) is 0 Å². The summed E-state index contributed by atoms with van der Waals surface area (Å²) in [6.45, 7) is 2.24. The maximum Gasteiger partial charge on any atom is 0.325 e. The number of amides is 4. The number of nitrogens with zero attached hydrogens (tertiary/aromatic N) is 2. The molecule has 1 N–H and O–H groups in total. The van der Waals surface area contributed by atoms with Gasteiger partial charge >= 0.3 is 6.03 Å². The number of rotatable bonds is 4. The summed E-state index contributed by atoms with van der Waals surface area (Å²) >= 11 is 0. The van der Waals surface area contributed by atoms with Gasteiger partial charge in [-0.2, -0.15) is 0 Å². The molecule has 2 heterocycles. The monoisotopic (exact) mass is 331 g/mol. The van der Waals surface area contributed by atoms with E-state index in [9.17, 15) is 14.4 Å². The van der Waals surface area contributed by atoms with Crippen LogP contribution in [0.4, 0.5) is 4.79 Å². The summed E-state index contributed by atoms with van der Waals surface area (Å²) in [6.07, 6.45) is 0.443. The standard InChI is InChI=1S/C17H21N3O4/c1-12(13-6-4-3-5-7-13)19(2)14(21)10-20-15(22)17(18-16(20)23)8-9-24-11-17/h3-7,12H,8-11H2,1-2H3,(H,18,23). The van der Waals surface area contributed by atoms with Gasteiger partial charge in [0.25, 0.3) is 5.91 Å². The molecule has 7 heteroatoms. The fraction of sp³-hybridized carbons (Fsp3) is 0.471. The van der Waals surface area contributed by atoms with E-state index in [4.69, 9.17) is 4.74 Å². The van der Waals surface area contributed by atoms with Crippen molar-refractivity contribution in [2.45, 2.75) is 24.9 Å². The molecule has 0 radical (unpaired) electrons. The average molecular weight is 331 g/mol. The summed E-state index contributed by atoms with van der Waals surface area (Å²) in [5, 5.41) is 2.68. The van der Waals surface area contributed by atoms with E-state index in [1.165, 1.54) is 0 Å². The maximum atomic E-state index is 12.5. The molecule has 2 unspecified atom stereocenters. The number of hydrogen-bond donors (Lipinski definition) is 1. The fourth-order valence-corrected chi connectivity index (χ4v) is 3.07. The first-order valence-corrected chi connectivity index (χ1v) is 7.97. The van der Waals surface area contributed by atoms with Crippen molar-refractivity contribution in [3.05, 3.63) is 35.9 Å². The molecule has 1 aromatic carbocycles. The Bertz CT molecular complexity index is 655. The van der Waals surface area contributed by atoms with Gasteiger partial charge in [-0.15, -0.1) is 0 Å². The van der Waals surface area contributed by atoms with E-state index >= 15 is 0 Å². The normalized spacial score (nSPS) is 24.3. The first-order chi connectivity index (χ1) is 11.4. The molecule has 2 fully saturated rings. The number of likely N-dealkylation sites (N-methyl/N-ethyl adjacent to an activating group) is 1. The van der Waals surface area contributed by atoms with Crippen molar-refractivity contribution in [1.82, 2.24) is 15.1 Å². The Morgan fingerprint density at radius 1 is 1.38 bits per heavy atom. The van der Waals surface area contributed by atoms with E-state index in [0.717, 1.165) is 10.5 Å². The molecule has 2 atom stereocenters.